The van der Waals surface area contributed by atoms with Crippen LogP contribution < -0.4 is 26.3 Å². The third-order valence-electron chi connectivity index (χ3n) is 6.86. The van der Waals surface area contributed by atoms with Crippen molar-refractivity contribution in [3.63, 3.8) is 0 Å². The van der Waals surface area contributed by atoms with E-state index in [9.17, 15) is 4.79 Å². The Hall–Kier alpha value is -4.12. The molecule has 11 nitrogen and oxygen atoms in total. The summed E-state index contributed by atoms with van der Waals surface area (Å²) in [4.78, 5) is 25.1. The van der Waals surface area contributed by atoms with Crippen LogP contribution in [-0.4, -0.2) is 51.1 Å². The Morgan fingerprint density at radius 1 is 1.22 bits per heavy atom. The minimum atomic E-state index is -0.202. The Balaban J connectivity index is 1.53. The zero-order chi connectivity index (χ0) is 29.4. The quantitative estimate of drug-likeness (QED) is 0.149. The number of nitrogens with one attached hydrogen (secondary N) is 1. The predicted octanol–water partition coefficient (Wildman–Crippen LogP) is 5.20. The van der Waals surface area contributed by atoms with E-state index in [-0.39, 0.29) is 24.5 Å². The molecule has 41 heavy (non-hydrogen) atoms. The zero-order valence-corrected chi connectivity index (χ0v) is 24.4. The van der Waals surface area contributed by atoms with Crippen LogP contribution in [0, 0.1) is 0 Å². The molecule has 3 aromatic rings. The molecular formula is C29H37ClN8O3. The van der Waals surface area contributed by atoms with Crippen molar-refractivity contribution < 1.29 is 14.3 Å². The first kappa shape index (κ1) is 29.9. The van der Waals surface area contributed by atoms with Crippen LogP contribution in [0.4, 0.5) is 11.6 Å². The Bertz CT molecular complexity index is 1390. The number of halogens is 1. The molecule has 218 valence electrons. The van der Waals surface area contributed by atoms with Crippen molar-refractivity contribution in [2.24, 2.45) is 16.5 Å². The first-order valence-electron chi connectivity index (χ1n) is 13.7. The lowest BCUT2D eigenvalue weighted by molar-refractivity contribution is -0.114. The fraction of sp³-hybridized carbons (Fsp3) is 0.414. The molecule has 2 aromatic heterocycles. The van der Waals surface area contributed by atoms with Crippen molar-refractivity contribution >= 4 is 35.4 Å². The maximum absolute atomic E-state index is 12.0. The number of aromatic nitrogens is 4. The second kappa shape index (κ2) is 14.0. The van der Waals surface area contributed by atoms with E-state index < -0.39 is 0 Å². The number of hydrogen-bond donors (Lipinski definition) is 3. The smallest absolute Gasteiger partial charge is 0.257 e. The van der Waals surface area contributed by atoms with Crippen LogP contribution in [0.5, 0.6) is 11.6 Å². The number of hydrogen-bond acceptors (Lipinski definition) is 9. The fourth-order valence-corrected chi connectivity index (χ4v) is 4.79. The summed E-state index contributed by atoms with van der Waals surface area (Å²) in [5.74, 6) is 1.13. The van der Waals surface area contributed by atoms with Crippen molar-refractivity contribution in [1.29, 1.82) is 0 Å². The third kappa shape index (κ3) is 7.97. The highest BCUT2D eigenvalue weighted by Crippen LogP contribution is 2.34. The monoisotopic (exact) mass is 580 g/mol. The van der Waals surface area contributed by atoms with E-state index in [0.717, 1.165) is 36.8 Å². The molecule has 0 amide bonds. The van der Waals surface area contributed by atoms with E-state index in [0.29, 0.717) is 46.1 Å². The van der Waals surface area contributed by atoms with Gasteiger partial charge < -0.3 is 26.3 Å². The summed E-state index contributed by atoms with van der Waals surface area (Å²) >= 11 is 6.35. The lowest BCUT2D eigenvalue weighted by Gasteiger charge is -2.21. The lowest BCUT2D eigenvalue weighted by atomic mass is 9.96. The number of ketones is 1. The van der Waals surface area contributed by atoms with Crippen molar-refractivity contribution in [2.75, 3.05) is 18.5 Å². The number of nitrogens with two attached hydrogens (primary N) is 2. The zero-order valence-electron chi connectivity index (χ0n) is 23.6. The van der Waals surface area contributed by atoms with Gasteiger partial charge in [0.25, 0.3) is 5.88 Å². The molecule has 1 atom stereocenters. The summed E-state index contributed by atoms with van der Waals surface area (Å²) in [6, 6.07) is 5.78. The Morgan fingerprint density at radius 2 is 1.95 bits per heavy atom. The average molecular weight is 581 g/mol. The van der Waals surface area contributed by atoms with Gasteiger partial charge in [0.1, 0.15) is 24.1 Å². The highest BCUT2D eigenvalue weighted by atomic mass is 35.5. The number of carbonyl (C=O) groups is 1. The van der Waals surface area contributed by atoms with Crippen LogP contribution in [0.15, 0.2) is 53.1 Å². The minimum absolute atomic E-state index is 0.0198. The molecule has 0 saturated heterocycles. The van der Waals surface area contributed by atoms with Gasteiger partial charge in [-0.15, -0.1) is 5.10 Å². The van der Waals surface area contributed by atoms with E-state index in [2.05, 4.69) is 20.3 Å². The summed E-state index contributed by atoms with van der Waals surface area (Å²) in [5.41, 5.74) is 14.3. The van der Waals surface area contributed by atoms with Gasteiger partial charge in [-0.2, -0.15) is 0 Å². The van der Waals surface area contributed by atoms with Crippen molar-refractivity contribution in [3.8, 4) is 22.8 Å². The van der Waals surface area contributed by atoms with Gasteiger partial charge in [0.15, 0.2) is 5.78 Å². The number of aliphatic imine (C=N–C) groups is 1. The van der Waals surface area contributed by atoms with Gasteiger partial charge in [0.05, 0.1) is 35.7 Å². The molecule has 4 rings (SSSR count). The summed E-state index contributed by atoms with van der Waals surface area (Å²) < 4.78 is 13.9. The summed E-state index contributed by atoms with van der Waals surface area (Å²) in [6.07, 6.45) is 12.1. The normalized spacial score (nSPS) is 15.4. The van der Waals surface area contributed by atoms with E-state index >= 15 is 0 Å². The topological polar surface area (TPSA) is 156 Å². The first-order valence-corrected chi connectivity index (χ1v) is 14.1. The van der Waals surface area contributed by atoms with Crippen LogP contribution in [0.3, 0.4) is 0 Å². The van der Waals surface area contributed by atoms with Crippen LogP contribution >= 0.6 is 11.6 Å². The highest BCUT2D eigenvalue weighted by molar-refractivity contribution is 6.32. The molecule has 2 heterocycles. The Morgan fingerprint density at radius 3 is 2.61 bits per heavy atom. The molecule has 5 N–H and O–H groups in total. The average Bonchev–Trinajstić information content (AvgIpc) is 3.36. The molecule has 12 heteroatoms. The maximum atomic E-state index is 12.0. The summed E-state index contributed by atoms with van der Waals surface area (Å²) in [5, 5.41) is 8.42. The molecule has 1 saturated carbocycles. The maximum Gasteiger partial charge on any atom is 0.257 e. The number of rotatable bonds is 12. The van der Waals surface area contributed by atoms with Gasteiger partial charge in [-0.05, 0) is 51.3 Å². The van der Waals surface area contributed by atoms with Gasteiger partial charge in [-0.1, -0.05) is 36.9 Å². The fourth-order valence-electron chi connectivity index (χ4n) is 4.63. The second-order valence-electron chi connectivity index (χ2n) is 10.1. The van der Waals surface area contributed by atoms with Crippen LogP contribution in [-0.2, 0) is 4.79 Å². The number of anilines is 2. The Kier molecular flexibility index (Phi) is 10.2. The molecule has 1 aromatic carbocycles. The van der Waals surface area contributed by atoms with Crippen molar-refractivity contribution in [3.05, 3.63) is 53.1 Å². The number of ether oxygens (including phenoxy) is 2. The van der Waals surface area contributed by atoms with Gasteiger partial charge in [-0.25, -0.2) is 9.97 Å². The van der Waals surface area contributed by atoms with Crippen LogP contribution in [0.25, 0.3) is 11.1 Å². The standard InChI is InChI=1S/C29H37ClN8O3/c1-18(12-33-17-31)41-27-11-21(9-10-25(27)30)22-13-34-29(35-14-22)36-26-15-38(23-7-5-4-6-8-23)37-28(26)40-16-24(19(2)32)20(3)39/h9-11,13-15,17-18,23H,4-8,12,16,32H2,1-3H3,(H2,31,33)(H,34,35,36)/t18-/m0/s1. The van der Waals surface area contributed by atoms with E-state index in [1.165, 1.54) is 19.7 Å². The molecule has 0 unspecified atom stereocenters. The number of allylic oxidation sites excluding steroid dienone is 1. The number of Topliss-reactive ketones (excluding diaryl/α,β-unsaturated/α-hetero) is 1. The molecule has 0 radical (unpaired) electrons. The largest absolute Gasteiger partial charge is 0.487 e. The molecular weight excluding hydrogens is 544 g/mol. The molecule has 1 fully saturated rings. The van der Waals surface area contributed by atoms with E-state index in [4.69, 9.17) is 37.6 Å². The van der Waals surface area contributed by atoms with Gasteiger partial charge in [0, 0.05) is 23.7 Å². The van der Waals surface area contributed by atoms with Crippen LogP contribution in [0.1, 0.15) is 58.9 Å². The number of benzene rings is 1. The highest BCUT2D eigenvalue weighted by Gasteiger charge is 2.21. The minimum Gasteiger partial charge on any atom is -0.487 e. The first-order chi connectivity index (χ1) is 19.7. The predicted molar refractivity (Wildman–Crippen MR) is 161 cm³/mol. The van der Waals surface area contributed by atoms with Gasteiger partial charge in [-0.3, -0.25) is 14.5 Å². The molecule has 1 aliphatic rings. The number of carbonyl (C=O) groups excluding carboxylic acids is 1. The van der Waals surface area contributed by atoms with Gasteiger partial charge in [0.2, 0.25) is 5.95 Å². The number of nitrogens with zero attached hydrogens (tertiary/aromatic N) is 5. The summed E-state index contributed by atoms with van der Waals surface area (Å²) in [6.45, 7) is 5.48. The molecule has 0 spiro atoms. The van der Waals surface area contributed by atoms with Crippen LogP contribution in [0.2, 0.25) is 5.02 Å². The second-order valence-corrected chi connectivity index (χ2v) is 10.5. The molecule has 1 aliphatic carbocycles. The van der Waals surface area contributed by atoms with Crippen molar-refractivity contribution in [1.82, 2.24) is 19.7 Å². The lowest BCUT2D eigenvalue weighted by Crippen LogP contribution is -2.16. The SMILES string of the molecule is CC(=O)C(COc1nn(C2CCCCC2)cc1Nc1ncc(-c2ccc(Cl)c(O[C@@H](C)CN=CN)c2)cn1)=C(C)N. The van der Waals surface area contributed by atoms with E-state index in [1.54, 1.807) is 25.4 Å². The molecule has 0 aliphatic heterocycles. The van der Waals surface area contributed by atoms with E-state index in [1.807, 2.05) is 29.9 Å². The summed E-state index contributed by atoms with van der Waals surface area (Å²) in [7, 11) is 0. The van der Waals surface area contributed by atoms with Gasteiger partial charge >= 0.3 is 0 Å². The third-order valence-corrected chi connectivity index (χ3v) is 7.17. The Labute approximate surface area is 245 Å². The van der Waals surface area contributed by atoms with Crippen molar-refractivity contribution in [2.45, 2.75) is 65.0 Å². The molecule has 0 bridgehead atoms.